The van der Waals surface area contributed by atoms with Gasteiger partial charge in [-0.2, -0.15) is 5.21 Å². The van der Waals surface area contributed by atoms with Gasteiger partial charge in [-0.05, 0) is 60.2 Å². The molecule has 33 heavy (non-hydrogen) atoms. The van der Waals surface area contributed by atoms with Crippen molar-refractivity contribution < 1.29 is 39.4 Å². The summed E-state index contributed by atoms with van der Waals surface area (Å²) in [7, 11) is 4.00. The summed E-state index contributed by atoms with van der Waals surface area (Å²) in [6, 6.07) is 11.7. The molecule has 3 aromatic rings. The first kappa shape index (κ1) is 27.2. The Morgan fingerprint density at radius 2 is 1.88 bits per heavy atom. The number of nitrogens with one attached hydrogen (secondary N) is 1. The first-order valence-electron chi connectivity index (χ1n) is 11.3. The number of H-pyrrole nitrogens is 1. The number of aromatic nitrogens is 4. The number of benzene rings is 2. The largest absolute Gasteiger partial charge is 1.00 e. The van der Waals surface area contributed by atoms with Crippen molar-refractivity contribution >= 4 is 5.69 Å². The van der Waals surface area contributed by atoms with Crippen LogP contribution in [0.25, 0.3) is 11.1 Å². The summed E-state index contributed by atoms with van der Waals surface area (Å²) in [5.41, 5.74) is 3.70. The molecule has 172 valence electrons. The molecule has 3 rings (SSSR count). The quantitative estimate of drug-likeness (QED) is 0.345. The standard InChI is InChI=1S/C25H35N5O2.Na/c1-6-18-16-21(19-11-10-12-20(15-19)30(4)5)22(31)17-23(18)32-14-9-7-8-13-25(2,3)24-26-28-29-27-24;/h10-12,15-17,31H,6-9,13-14H2,1-5H3,(H,26,27,28,29);/q;+1/p-1. The Hall–Kier alpha value is -2.09. The topological polar surface area (TPSA) is 90.0 Å². The molecule has 0 amide bonds. The maximum atomic E-state index is 12.8. The first-order valence-corrected chi connectivity index (χ1v) is 11.3. The molecule has 0 saturated carbocycles. The zero-order valence-corrected chi connectivity index (χ0v) is 22.8. The molecule has 7 nitrogen and oxygen atoms in total. The minimum absolute atomic E-state index is 0. The van der Waals surface area contributed by atoms with E-state index in [4.69, 9.17) is 4.74 Å². The Morgan fingerprint density at radius 3 is 2.55 bits per heavy atom. The van der Waals surface area contributed by atoms with E-state index in [1.807, 2.05) is 49.3 Å². The number of hydrogen-bond acceptors (Lipinski definition) is 6. The van der Waals surface area contributed by atoms with Crippen LogP contribution < -0.4 is 44.3 Å². The van der Waals surface area contributed by atoms with Crippen LogP contribution in [0.2, 0.25) is 0 Å². The Balaban J connectivity index is 0.00000385. The molecule has 0 aliphatic rings. The van der Waals surface area contributed by atoms with Crippen LogP contribution in [0.1, 0.15) is 57.8 Å². The minimum atomic E-state index is -0.0968. The van der Waals surface area contributed by atoms with Crippen LogP contribution in [0.4, 0.5) is 5.69 Å². The third kappa shape index (κ3) is 7.19. The van der Waals surface area contributed by atoms with E-state index in [0.717, 1.165) is 60.3 Å². The van der Waals surface area contributed by atoms with Crippen LogP contribution in [0.15, 0.2) is 36.4 Å². The third-order valence-electron chi connectivity index (χ3n) is 5.87. The van der Waals surface area contributed by atoms with Gasteiger partial charge in [0.15, 0.2) is 5.82 Å². The number of ether oxygens (including phenoxy) is 1. The molecule has 0 spiro atoms. The normalized spacial score (nSPS) is 11.2. The minimum Gasteiger partial charge on any atom is -0.872 e. The Bertz CT molecular complexity index is 1010. The number of anilines is 1. The Morgan fingerprint density at radius 1 is 1.09 bits per heavy atom. The summed E-state index contributed by atoms with van der Waals surface area (Å²) in [6.07, 6.45) is 4.83. The number of aromatic amines is 1. The second kappa shape index (κ2) is 12.4. The average Bonchev–Trinajstić information content (AvgIpc) is 3.32. The van der Waals surface area contributed by atoms with E-state index in [0.29, 0.717) is 12.4 Å². The van der Waals surface area contributed by atoms with Gasteiger partial charge in [0.1, 0.15) is 5.75 Å². The number of tetrazole rings is 1. The molecule has 0 fully saturated rings. The van der Waals surface area contributed by atoms with Gasteiger partial charge in [-0.1, -0.05) is 56.7 Å². The fraction of sp³-hybridized carbons (Fsp3) is 0.480. The summed E-state index contributed by atoms with van der Waals surface area (Å²) in [5, 5.41) is 27.2. The van der Waals surface area contributed by atoms with Crippen molar-refractivity contribution in [3.05, 3.63) is 47.8 Å². The van der Waals surface area contributed by atoms with E-state index in [9.17, 15) is 5.11 Å². The first-order chi connectivity index (χ1) is 15.3. The fourth-order valence-electron chi connectivity index (χ4n) is 3.78. The van der Waals surface area contributed by atoms with Crippen molar-refractivity contribution in [2.45, 2.75) is 58.3 Å². The van der Waals surface area contributed by atoms with Crippen LogP contribution in [0.3, 0.4) is 0 Å². The maximum absolute atomic E-state index is 12.8. The predicted molar refractivity (Wildman–Crippen MR) is 126 cm³/mol. The van der Waals surface area contributed by atoms with Gasteiger partial charge in [0.05, 0.1) is 6.61 Å². The smallest absolute Gasteiger partial charge is 0.872 e. The van der Waals surface area contributed by atoms with Gasteiger partial charge in [-0.25, -0.2) is 0 Å². The van der Waals surface area contributed by atoms with Gasteiger partial charge < -0.3 is 14.7 Å². The number of hydrogen-bond donors (Lipinski definition) is 1. The van der Waals surface area contributed by atoms with Crippen LogP contribution in [-0.2, 0) is 11.8 Å². The van der Waals surface area contributed by atoms with Gasteiger partial charge in [0.25, 0.3) is 0 Å². The molecule has 0 aliphatic heterocycles. The fourth-order valence-corrected chi connectivity index (χ4v) is 3.78. The van der Waals surface area contributed by atoms with Crippen molar-refractivity contribution in [2.75, 3.05) is 25.6 Å². The summed E-state index contributed by atoms with van der Waals surface area (Å²) < 4.78 is 6.02. The van der Waals surface area contributed by atoms with E-state index in [2.05, 4.69) is 41.4 Å². The molecular formula is C25H34N5NaO2. The maximum Gasteiger partial charge on any atom is 1.00 e. The number of nitrogens with zero attached hydrogens (tertiary/aromatic N) is 4. The van der Waals surface area contributed by atoms with Gasteiger partial charge >= 0.3 is 29.6 Å². The molecule has 1 aromatic heterocycles. The molecule has 0 bridgehead atoms. The summed E-state index contributed by atoms with van der Waals surface area (Å²) in [4.78, 5) is 2.04. The van der Waals surface area contributed by atoms with Gasteiger partial charge in [-0.3, -0.25) is 0 Å². The second-order valence-corrected chi connectivity index (χ2v) is 9.03. The monoisotopic (exact) mass is 459 g/mol. The van der Waals surface area contributed by atoms with Crippen LogP contribution in [0, 0.1) is 0 Å². The van der Waals surface area contributed by atoms with E-state index < -0.39 is 0 Å². The third-order valence-corrected chi connectivity index (χ3v) is 5.87. The Labute approximate surface area is 219 Å². The molecule has 2 aromatic carbocycles. The molecule has 0 radical (unpaired) electrons. The zero-order valence-electron chi connectivity index (χ0n) is 20.8. The van der Waals surface area contributed by atoms with Gasteiger partial charge in [0, 0.05) is 25.2 Å². The van der Waals surface area contributed by atoms with E-state index >= 15 is 0 Å². The molecule has 0 aliphatic carbocycles. The number of unbranched alkanes of at least 4 members (excludes halogenated alkanes) is 2. The van der Waals surface area contributed by atoms with E-state index in [-0.39, 0.29) is 40.7 Å². The van der Waals surface area contributed by atoms with Crippen LogP contribution in [0.5, 0.6) is 11.5 Å². The van der Waals surface area contributed by atoms with Crippen molar-refractivity contribution in [1.82, 2.24) is 20.6 Å². The summed E-state index contributed by atoms with van der Waals surface area (Å²) in [6.45, 7) is 6.96. The van der Waals surface area contributed by atoms with Gasteiger partial charge in [0.2, 0.25) is 0 Å². The molecule has 0 saturated heterocycles. The van der Waals surface area contributed by atoms with E-state index in [1.54, 1.807) is 6.07 Å². The SMILES string of the molecule is CCc1cc(-c2cccc(N(C)C)c2)c([O-])cc1OCCCCCC(C)(C)c1nn[nH]n1.[Na+]. The average molecular weight is 460 g/mol. The molecule has 8 heteroatoms. The summed E-state index contributed by atoms with van der Waals surface area (Å²) in [5.74, 6) is 1.45. The molecule has 0 atom stereocenters. The predicted octanol–water partition coefficient (Wildman–Crippen LogP) is 1.49. The van der Waals surface area contributed by atoms with Crippen molar-refractivity contribution in [2.24, 2.45) is 0 Å². The molecule has 1 N–H and O–H groups in total. The zero-order chi connectivity index (χ0) is 23.1. The van der Waals surface area contributed by atoms with Crippen molar-refractivity contribution in [3.8, 4) is 22.6 Å². The number of rotatable bonds is 11. The van der Waals surface area contributed by atoms with Crippen LogP contribution >= 0.6 is 0 Å². The van der Waals surface area contributed by atoms with E-state index in [1.165, 1.54) is 0 Å². The second-order valence-electron chi connectivity index (χ2n) is 9.03. The van der Waals surface area contributed by atoms with Gasteiger partial charge in [-0.15, -0.1) is 10.2 Å². The molecular weight excluding hydrogens is 425 g/mol. The number of aryl methyl sites for hydroxylation is 1. The van der Waals surface area contributed by atoms with Crippen LogP contribution in [-0.4, -0.2) is 41.3 Å². The molecule has 0 unspecified atom stereocenters. The molecule has 1 heterocycles. The summed E-state index contributed by atoms with van der Waals surface area (Å²) >= 11 is 0. The Kier molecular flexibility index (Phi) is 10.2. The van der Waals surface area contributed by atoms with Crippen molar-refractivity contribution in [3.63, 3.8) is 0 Å². The van der Waals surface area contributed by atoms with Crippen molar-refractivity contribution in [1.29, 1.82) is 0 Å².